The normalized spacial score (nSPS) is 25.0. The fourth-order valence-corrected chi connectivity index (χ4v) is 9.74. The summed E-state index contributed by atoms with van der Waals surface area (Å²) in [5, 5.41) is 2.27. The highest BCUT2D eigenvalue weighted by atomic mass is 28.4. The Labute approximate surface area is 181 Å². The van der Waals surface area contributed by atoms with E-state index in [-0.39, 0.29) is 10.6 Å². The van der Waals surface area contributed by atoms with Gasteiger partial charge in [-0.15, -0.1) is 0 Å². The number of piperidine rings is 1. The highest BCUT2D eigenvalue weighted by Crippen LogP contribution is 2.39. The van der Waals surface area contributed by atoms with E-state index in [4.69, 9.17) is 9.16 Å². The minimum atomic E-state index is -2.72. The molecule has 0 aromatic heterocycles. The van der Waals surface area contributed by atoms with Crippen molar-refractivity contribution in [2.24, 2.45) is 0 Å². The molecule has 2 aromatic carbocycles. The SMILES string of the molecule is CC1(N2CCC(O[Si](c3ccccc3)(c3ccccc3)C(C)(C)C)C(F)C2)COC1. The largest absolute Gasteiger partial charge is 0.401 e. The Bertz CT molecular complexity index is 796. The lowest BCUT2D eigenvalue weighted by Crippen LogP contribution is -2.70. The van der Waals surface area contributed by atoms with Crippen LogP contribution >= 0.6 is 0 Å². The van der Waals surface area contributed by atoms with E-state index in [0.717, 1.165) is 6.54 Å². The average Bonchev–Trinajstić information content (AvgIpc) is 2.71. The van der Waals surface area contributed by atoms with Crippen molar-refractivity contribution in [1.82, 2.24) is 4.90 Å². The van der Waals surface area contributed by atoms with Crippen molar-refractivity contribution >= 4 is 18.7 Å². The Hall–Kier alpha value is -1.53. The molecule has 2 heterocycles. The van der Waals surface area contributed by atoms with Crippen LogP contribution in [0.3, 0.4) is 0 Å². The third kappa shape index (κ3) is 3.77. The van der Waals surface area contributed by atoms with Gasteiger partial charge in [0, 0.05) is 13.1 Å². The lowest BCUT2D eigenvalue weighted by atomic mass is 9.93. The zero-order valence-corrected chi connectivity index (χ0v) is 19.6. The number of likely N-dealkylation sites (tertiary alicyclic amines) is 1. The highest BCUT2D eigenvalue weighted by Gasteiger charge is 2.53. The summed E-state index contributed by atoms with van der Waals surface area (Å²) in [5.74, 6) is 0. The first kappa shape index (κ1) is 21.7. The standard InChI is InChI=1S/C25H34FNO2Si/c1-24(2,3)30(20-11-7-5-8-12-20,21-13-9-6-10-14-21)29-23-15-16-27(17-22(23)26)25(4)18-28-19-25/h5-14,22-23H,15-19H2,1-4H3. The lowest BCUT2D eigenvalue weighted by molar-refractivity contribution is -0.150. The van der Waals surface area contributed by atoms with E-state index in [0.29, 0.717) is 26.2 Å². The van der Waals surface area contributed by atoms with Gasteiger partial charge < -0.3 is 9.16 Å². The van der Waals surface area contributed by atoms with Gasteiger partial charge in [-0.3, -0.25) is 4.90 Å². The molecule has 3 nitrogen and oxygen atoms in total. The second-order valence-electron chi connectivity index (χ2n) is 10.1. The van der Waals surface area contributed by atoms with E-state index in [1.54, 1.807) is 0 Å². The number of hydrogen-bond donors (Lipinski definition) is 0. The first-order valence-corrected chi connectivity index (χ1v) is 12.9. The van der Waals surface area contributed by atoms with Gasteiger partial charge in [-0.25, -0.2) is 4.39 Å². The first-order valence-electron chi connectivity index (χ1n) is 11.0. The maximum Gasteiger partial charge on any atom is 0.261 e. The van der Waals surface area contributed by atoms with Gasteiger partial charge >= 0.3 is 0 Å². The van der Waals surface area contributed by atoms with Crippen LogP contribution in [0.1, 0.15) is 34.1 Å². The Morgan fingerprint density at radius 3 is 1.93 bits per heavy atom. The molecule has 2 fully saturated rings. The number of halogens is 1. The summed E-state index contributed by atoms with van der Waals surface area (Å²) in [5.41, 5.74) is -0.0211. The molecule has 2 aliphatic heterocycles. The molecule has 0 bridgehead atoms. The monoisotopic (exact) mass is 427 g/mol. The molecule has 5 heteroatoms. The zero-order valence-electron chi connectivity index (χ0n) is 18.6. The second kappa shape index (κ2) is 8.19. The summed E-state index contributed by atoms with van der Waals surface area (Å²) >= 11 is 0. The van der Waals surface area contributed by atoms with Gasteiger partial charge in [0.05, 0.1) is 24.9 Å². The van der Waals surface area contributed by atoms with Crippen molar-refractivity contribution in [3.8, 4) is 0 Å². The quantitative estimate of drug-likeness (QED) is 0.678. The van der Waals surface area contributed by atoms with Crippen LogP contribution in [-0.4, -0.2) is 57.3 Å². The second-order valence-corrected chi connectivity index (χ2v) is 14.3. The molecule has 2 aliphatic rings. The minimum Gasteiger partial charge on any atom is -0.401 e. The third-order valence-corrected chi connectivity index (χ3v) is 11.9. The number of hydrogen-bond acceptors (Lipinski definition) is 3. The van der Waals surface area contributed by atoms with Crippen LogP contribution in [0.15, 0.2) is 60.7 Å². The van der Waals surface area contributed by atoms with Gasteiger partial charge in [-0.1, -0.05) is 81.4 Å². The van der Waals surface area contributed by atoms with Gasteiger partial charge in [-0.05, 0) is 28.8 Å². The van der Waals surface area contributed by atoms with Crippen LogP contribution in [0, 0.1) is 0 Å². The maximum absolute atomic E-state index is 15.6. The molecule has 2 aromatic rings. The van der Waals surface area contributed by atoms with Crippen molar-refractivity contribution in [2.75, 3.05) is 26.3 Å². The topological polar surface area (TPSA) is 21.7 Å². The molecular weight excluding hydrogens is 393 g/mol. The van der Waals surface area contributed by atoms with E-state index in [9.17, 15) is 0 Å². The predicted molar refractivity (Wildman–Crippen MR) is 123 cm³/mol. The molecule has 0 saturated carbocycles. The summed E-state index contributed by atoms with van der Waals surface area (Å²) in [7, 11) is -2.72. The van der Waals surface area contributed by atoms with Crippen molar-refractivity contribution in [1.29, 1.82) is 0 Å². The molecule has 0 amide bonds. The van der Waals surface area contributed by atoms with Crippen LogP contribution in [0.2, 0.25) is 5.04 Å². The molecule has 162 valence electrons. The summed E-state index contributed by atoms with van der Waals surface area (Å²) < 4.78 is 28.0. The number of alkyl halides is 1. The zero-order chi connectivity index (χ0) is 21.4. The molecular formula is C25H34FNO2Si. The Morgan fingerprint density at radius 2 is 1.53 bits per heavy atom. The lowest BCUT2D eigenvalue weighted by Gasteiger charge is -2.52. The Balaban J connectivity index is 1.69. The van der Waals surface area contributed by atoms with Crippen LogP contribution in [-0.2, 0) is 9.16 Å². The van der Waals surface area contributed by atoms with Gasteiger partial charge in [-0.2, -0.15) is 0 Å². The Morgan fingerprint density at radius 1 is 1.00 bits per heavy atom. The number of nitrogens with zero attached hydrogens (tertiary/aromatic N) is 1. The van der Waals surface area contributed by atoms with Crippen LogP contribution in [0.5, 0.6) is 0 Å². The summed E-state index contributed by atoms with van der Waals surface area (Å²) in [6.45, 7) is 11.6. The van der Waals surface area contributed by atoms with E-state index < -0.39 is 20.6 Å². The number of rotatable bonds is 5. The fraction of sp³-hybridized carbons (Fsp3) is 0.520. The molecule has 2 unspecified atom stereocenters. The van der Waals surface area contributed by atoms with Crippen molar-refractivity contribution in [3.63, 3.8) is 0 Å². The summed E-state index contributed by atoms with van der Waals surface area (Å²) in [4.78, 5) is 2.26. The van der Waals surface area contributed by atoms with E-state index in [1.807, 2.05) is 12.1 Å². The molecule has 4 rings (SSSR count). The van der Waals surface area contributed by atoms with Crippen molar-refractivity contribution in [3.05, 3.63) is 60.7 Å². The first-order chi connectivity index (χ1) is 14.3. The smallest absolute Gasteiger partial charge is 0.261 e. The highest BCUT2D eigenvalue weighted by molar-refractivity contribution is 6.99. The third-order valence-electron chi connectivity index (χ3n) is 6.82. The summed E-state index contributed by atoms with van der Waals surface area (Å²) in [6.07, 6.45) is -0.684. The number of benzene rings is 2. The molecule has 0 radical (unpaired) electrons. The van der Waals surface area contributed by atoms with E-state index in [1.165, 1.54) is 10.4 Å². The molecule has 0 aliphatic carbocycles. The van der Waals surface area contributed by atoms with Crippen molar-refractivity contribution < 1.29 is 13.6 Å². The Kier molecular flexibility index (Phi) is 5.92. The molecule has 2 saturated heterocycles. The van der Waals surface area contributed by atoms with E-state index in [2.05, 4.69) is 81.1 Å². The van der Waals surface area contributed by atoms with Crippen LogP contribution in [0.25, 0.3) is 0 Å². The minimum absolute atomic E-state index is 0.0211. The van der Waals surface area contributed by atoms with Crippen LogP contribution in [0.4, 0.5) is 4.39 Å². The van der Waals surface area contributed by atoms with Crippen molar-refractivity contribution in [2.45, 2.75) is 57.0 Å². The number of ether oxygens (including phenoxy) is 1. The fourth-order valence-electron chi connectivity index (χ4n) is 5.00. The van der Waals surface area contributed by atoms with Gasteiger partial charge in [0.2, 0.25) is 0 Å². The average molecular weight is 428 g/mol. The molecule has 0 N–H and O–H groups in total. The van der Waals surface area contributed by atoms with Crippen LogP contribution < -0.4 is 10.4 Å². The molecule has 30 heavy (non-hydrogen) atoms. The predicted octanol–water partition coefficient (Wildman–Crippen LogP) is 3.76. The van der Waals surface area contributed by atoms with Gasteiger partial charge in [0.25, 0.3) is 8.32 Å². The summed E-state index contributed by atoms with van der Waals surface area (Å²) in [6, 6.07) is 21.0. The molecule has 2 atom stereocenters. The van der Waals surface area contributed by atoms with E-state index >= 15 is 4.39 Å². The molecule has 0 spiro atoms. The van der Waals surface area contributed by atoms with Gasteiger partial charge in [0.1, 0.15) is 6.17 Å². The maximum atomic E-state index is 15.6. The van der Waals surface area contributed by atoms with Gasteiger partial charge in [0.15, 0.2) is 0 Å².